The molecule has 2 aromatic heterocycles. The molecule has 6 heteroatoms. The van der Waals surface area contributed by atoms with E-state index < -0.39 is 0 Å². The van der Waals surface area contributed by atoms with E-state index in [4.69, 9.17) is 0 Å². The molecule has 0 radical (unpaired) electrons. The van der Waals surface area contributed by atoms with Crippen molar-refractivity contribution in [1.29, 1.82) is 0 Å². The van der Waals surface area contributed by atoms with Crippen LogP contribution in [0.15, 0.2) is 23.1 Å². The van der Waals surface area contributed by atoms with Crippen LogP contribution in [0.5, 0.6) is 0 Å². The van der Waals surface area contributed by atoms with Crippen molar-refractivity contribution in [3.05, 3.63) is 28.8 Å². The number of nitrogens with one attached hydrogen (secondary N) is 1. The minimum Gasteiger partial charge on any atom is -0.354 e. The van der Waals surface area contributed by atoms with Crippen molar-refractivity contribution >= 4 is 28.6 Å². The molecule has 0 spiro atoms. The fraction of sp³-hybridized carbons (Fsp3) is 0.364. The van der Waals surface area contributed by atoms with Gasteiger partial charge in [0, 0.05) is 30.8 Å². The molecule has 17 heavy (non-hydrogen) atoms. The van der Waals surface area contributed by atoms with Crippen LogP contribution >= 0.6 is 11.8 Å². The summed E-state index contributed by atoms with van der Waals surface area (Å²) < 4.78 is 0. The topological polar surface area (TPSA) is 61.9 Å². The van der Waals surface area contributed by atoms with Crippen molar-refractivity contribution < 1.29 is 0 Å². The van der Waals surface area contributed by atoms with Gasteiger partial charge in [-0.15, -0.1) is 0 Å². The van der Waals surface area contributed by atoms with E-state index >= 15 is 0 Å². The van der Waals surface area contributed by atoms with Gasteiger partial charge in [0.15, 0.2) is 0 Å². The number of nitrogens with zero attached hydrogens (tertiary/aromatic N) is 3. The average molecular weight is 248 g/mol. The number of H-pyrrole nitrogens is 1. The van der Waals surface area contributed by atoms with Crippen molar-refractivity contribution in [3.63, 3.8) is 0 Å². The number of hydrogen-bond acceptors (Lipinski definition) is 5. The molecule has 2 aromatic rings. The van der Waals surface area contributed by atoms with Crippen LogP contribution < -0.4 is 10.6 Å². The molecule has 1 saturated heterocycles. The first-order chi connectivity index (χ1) is 8.34. The van der Waals surface area contributed by atoms with Gasteiger partial charge >= 0.3 is 5.69 Å². The van der Waals surface area contributed by atoms with Gasteiger partial charge in [-0.1, -0.05) is 0 Å². The minimum absolute atomic E-state index is 0.329. The second kappa shape index (κ2) is 4.37. The van der Waals surface area contributed by atoms with E-state index in [1.54, 1.807) is 6.20 Å². The Balaban J connectivity index is 2.16. The summed E-state index contributed by atoms with van der Waals surface area (Å²) in [6.07, 6.45) is 1.67. The molecule has 1 fully saturated rings. The second-order valence-corrected chi connectivity index (χ2v) is 5.09. The number of thioether (sulfide) groups is 1. The Morgan fingerprint density at radius 3 is 3.00 bits per heavy atom. The Bertz CT molecular complexity index is 591. The summed E-state index contributed by atoms with van der Waals surface area (Å²) in [6.45, 7) is 1.87. The second-order valence-electron chi connectivity index (χ2n) is 3.86. The Hall–Kier alpha value is -1.56. The van der Waals surface area contributed by atoms with Gasteiger partial charge in [-0.2, -0.15) is 16.7 Å². The van der Waals surface area contributed by atoms with Gasteiger partial charge in [0.1, 0.15) is 11.5 Å². The molecule has 88 valence electrons. The van der Waals surface area contributed by atoms with Gasteiger partial charge in [0.2, 0.25) is 0 Å². The van der Waals surface area contributed by atoms with Crippen molar-refractivity contribution in [1.82, 2.24) is 15.0 Å². The first-order valence-electron chi connectivity index (χ1n) is 5.52. The van der Waals surface area contributed by atoms with Gasteiger partial charge < -0.3 is 4.90 Å². The lowest BCUT2D eigenvalue weighted by molar-refractivity contribution is 0.836. The molecule has 0 bridgehead atoms. The summed E-state index contributed by atoms with van der Waals surface area (Å²) >= 11 is 1.93. The molecule has 1 aliphatic heterocycles. The third-order valence-corrected chi connectivity index (χ3v) is 3.73. The predicted octanol–water partition coefficient (Wildman–Crippen LogP) is 0.871. The summed E-state index contributed by atoms with van der Waals surface area (Å²) in [5.74, 6) is 2.92. The lowest BCUT2D eigenvalue weighted by Crippen LogP contribution is -2.34. The molecule has 5 nitrogen and oxygen atoms in total. The quantitative estimate of drug-likeness (QED) is 0.811. The predicted molar refractivity (Wildman–Crippen MR) is 69.7 cm³/mol. The van der Waals surface area contributed by atoms with E-state index in [0.29, 0.717) is 5.65 Å². The highest BCUT2D eigenvalue weighted by atomic mass is 32.2. The smallest absolute Gasteiger partial charge is 0.348 e. The molecule has 3 rings (SSSR count). The molecule has 0 aromatic carbocycles. The lowest BCUT2D eigenvalue weighted by atomic mass is 10.3. The van der Waals surface area contributed by atoms with Crippen LogP contribution in [0.3, 0.4) is 0 Å². The highest BCUT2D eigenvalue weighted by Crippen LogP contribution is 2.22. The number of aromatic nitrogens is 3. The van der Waals surface area contributed by atoms with E-state index in [2.05, 4.69) is 19.9 Å². The molecular formula is C11H12N4OS. The molecule has 1 N–H and O–H groups in total. The number of pyridine rings is 1. The third kappa shape index (κ3) is 2.00. The maximum absolute atomic E-state index is 11.5. The number of hydrogen-bond donors (Lipinski definition) is 1. The molecule has 0 amide bonds. The maximum Gasteiger partial charge on any atom is 0.348 e. The first-order valence-corrected chi connectivity index (χ1v) is 6.68. The van der Waals surface area contributed by atoms with E-state index in [-0.39, 0.29) is 5.69 Å². The zero-order valence-corrected chi connectivity index (χ0v) is 10.0. The van der Waals surface area contributed by atoms with Gasteiger partial charge in [0.05, 0.1) is 5.39 Å². The monoisotopic (exact) mass is 248 g/mol. The van der Waals surface area contributed by atoms with Gasteiger partial charge in [0.25, 0.3) is 0 Å². The molecule has 0 aliphatic carbocycles. The van der Waals surface area contributed by atoms with Crippen LogP contribution in [0.4, 0.5) is 5.82 Å². The fourth-order valence-electron chi connectivity index (χ4n) is 1.99. The summed E-state index contributed by atoms with van der Waals surface area (Å²) in [5, 5.41) is 0.916. The largest absolute Gasteiger partial charge is 0.354 e. The lowest BCUT2D eigenvalue weighted by Gasteiger charge is -2.27. The maximum atomic E-state index is 11.5. The summed E-state index contributed by atoms with van der Waals surface area (Å²) in [6, 6.07) is 3.81. The standard InChI is InChI=1S/C11H12N4OS/c16-11-13-9-8(2-1-3-12-9)10(14-11)15-4-6-17-7-5-15/h1-3H,4-7H2,(H,12,13,14,16). The Labute approximate surface area is 102 Å². The summed E-state index contributed by atoms with van der Waals surface area (Å²) in [4.78, 5) is 24.6. The Morgan fingerprint density at radius 1 is 1.35 bits per heavy atom. The zero-order valence-electron chi connectivity index (χ0n) is 9.22. The SMILES string of the molecule is O=c1nc(N2CCSCC2)c2cccnc2[nH]1. The highest BCUT2D eigenvalue weighted by molar-refractivity contribution is 7.99. The molecule has 3 heterocycles. The first kappa shape index (κ1) is 10.6. The van der Waals surface area contributed by atoms with Gasteiger partial charge in [-0.25, -0.2) is 9.78 Å². The van der Waals surface area contributed by atoms with Gasteiger partial charge in [-0.3, -0.25) is 4.98 Å². The van der Waals surface area contributed by atoms with Crippen LogP contribution in [0.2, 0.25) is 0 Å². The third-order valence-electron chi connectivity index (χ3n) is 2.79. The van der Waals surface area contributed by atoms with Crippen molar-refractivity contribution in [3.8, 4) is 0 Å². The number of fused-ring (bicyclic) bond motifs is 1. The van der Waals surface area contributed by atoms with E-state index in [1.165, 1.54) is 0 Å². The molecule has 0 saturated carbocycles. The minimum atomic E-state index is -0.329. The Morgan fingerprint density at radius 2 is 2.18 bits per heavy atom. The van der Waals surface area contributed by atoms with E-state index in [1.807, 2.05) is 23.9 Å². The van der Waals surface area contributed by atoms with Crippen LogP contribution in [0.25, 0.3) is 11.0 Å². The molecule has 1 aliphatic rings. The molecular weight excluding hydrogens is 236 g/mol. The summed E-state index contributed by atoms with van der Waals surface area (Å²) in [7, 11) is 0. The van der Waals surface area contributed by atoms with Gasteiger partial charge in [-0.05, 0) is 12.1 Å². The van der Waals surface area contributed by atoms with Crippen LogP contribution in [-0.2, 0) is 0 Å². The molecule has 0 unspecified atom stereocenters. The van der Waals surface area contributed by atoms with Crippen molar-refractivity contribution in [2.75, 3.05) is 29.5 Å². The van der Waals surface area contributed by atoms with Crippen LogP contribution in [-0.4, -0.2) is 39.5 Å². The van der Waals surface area contributed by atoms with E-state index in [9.17, 15) is 4.79 Å². The molecule has 0 atom stereocenters. The van der Waals surface area contributed by atoms with Crippen molar-refractivity contribution in [2.45, 2.75) is 0 Å². The van der Waals surface area contributed by atoms with Crippen molar-refractivity contribution in [2.24, 2.45) is 0 Å². The number of aromatic amines is 1. The normalized spacial score (nSPS) is 16.4. The van der Waals surface area contributed by atoms with Crippen LogP contribution in [0.1, 0.15) is 0 Å². The summed E-state index contributed by atoms with van der Waals surface area (Å²) in [5.41, 5.74) is 0.283. The zero-order chi connectivity index (χ0) is 11.7. The number of rotatable bonds is 1. The highest BCUT2D eigenvalue weighted by Gasteiger charge is 2.16. The number of anilines is 1. The fourth-order valence-corrected chi connectivity index (χ4v) is 2.89. The average Bonchev–Trinajstić information content (AvgIpc) is 2.39. The van der Waals surface area contributed by atoms with Crippen LogP contribution in [0, 0.1) is 0 Å². The Kier molecular flexibility index (Phi) is 2.72. The van der Waals surface area contributed by atoms with E-state index in [0.717, 1.165) is 35.8 Å².